The second-order valence-electron chi connectivity index (χ2n) is 3.53. The van der Waals surface area contributed by atoms with Crippen LogP contribution in [0.15, 0.2) is 12.1 Å². The van der Waals surface area contributed by atoms with Crippen molar-refractivity contribution in [3.63, 3.8) is 0 Å². The molecule has 0 aliphatic rings. The molecule has 3 nitrogen and oxygen atoms in total. The second-order valence-corrected chi connectivity index (χ2v) is 3.53. The molecule has 84 valence electrons. The second kappa shape index (κ2) is 4.87. The van der Waals surface area contributed by atoms with Gasteiger partial charge >= 0.3 is 0 Å². The summed E-state index contributed by atoms with van der Waals surface area (Å²) in [6.45, 7) is 4.10. The average Bonchev–Trinajstić information content (AvgIpc) is 2.21. The first kappa shape index (κ1) is 11.6. The predicted octanol–water partition coefficient (Wildman–Crippen LogP) is 2.63. The van der Waals surface area contributed by atoms with Crippen molar-refractivity contribution in [2.24, 2.45) is 0 Å². The highest BCUT2D eigenvalue weighted by molar-refractivity contribution is 5.68. The van der Waals surface area contributed by atoms with Crippen molar-refractivity contribution in [3.05, 3.63) is 17.9 Å². The Balaban J connectivity index is 2.97. The lowest BCUT2D eigenvalue weighted by Gasteiger charge is -2.16. The van der Waals surface area contributed by atoms with E-state index in [0.717, 1.165) is 6.42 Å². The molecule has 1 unspecified atom stereocenters. The van der Waals surface area contributed by atoms with Gasteiger partial charge in [0.25, 0.3) is 0 Å². The van der Waals surface area contributed by atoms with E-state index >= 15 is 0 Å². The van der Waals surface area contributed by atoms with E-state index in [1.54, 1.807) is 6.07 Å². The summed E-state index contributed by atoms with van der Waals surface area (Å²) in [5.41, 5.74) is 6.80. The molecule has 15 heavy (non-hydrogen) atoms. The lowest BCUT2D eigenvalue weighted by Crippen LogP contribution is -2.14. The fourth-order valence-electron chi connectivity index (χ4n) is 1.22. The minimum Gasteiger partial charge on any atom is -0.494 e. The third-order valence-corrected chi connectivity index (χ3v) is 2.34. The van der Waals surface area contributed by atoms with Crippen LogP contribution in [-0.2, 0) is 0 Å². The Kier molecular flexibility index (Phi) is 3.77. The van der Waals surface area contributed by atoms with Crippen molar-refractivity contribution in [1.82, 2.24) is 0 Å². The Labute approximate surface area is 89.4 Å². The maximum Gasteiger partial charge on any atom is 0.167 e. The summed E-state index contributed by atoms with van der Waals surface area (Å²) < 4.78 is 18.1. The van der Waals surface area contributed by atoms with Gasteiger partial charge in [-0.15, -0.1) is 0 Å². The van der Waals surface area contributed by atoms with Gasteiger partial charge in [0.2, 0.25) is 0 Å². The third kappa shape index (κ3) is 2.75. The van der Waals surface area contributed by atoms with E-state index in [4.69, 9.17) is 10.5 Å². The maximum absolute atomic E-state index is 13.2. The van der Waals surface area contributed by atoms with Crippen LogP contribution in [0.2, 0.25) is 0 Å². The summed E-state index contributed by atoms with van der Waals surface area (Å²) in [4.78, 5) is 0. The monoisotopic (exact) mass is 212 g/mol. The van der Waals surface area contributed by atoms with E-state index in [9.17, 15) is 4.39 Å². The van der Waals surface area contributed by atoms with Crippen LogP contribution in [0.3, 0.4) is 0 Å². The molecule has 1 atom stereocenters. The zero-order valence-corrected chi connectivity index (χ0v) is 9.30. The number of rotatable bonds is 4. The van der Waals surface area contributed by atoms with E-state index < -0.39 is 5.82 Å². The van der Waals surface area contributed by atoms with Gasteiger partial charge in [0.05, 0.1) is 18.5 Å². The molecule has 0 aliphatic heterocycles. The summed E-state index contributed by atoms with van der Waals surface area (Å²) in [5, 5.41) is 3.19. The number of methoxy groups -OCH3 is 1. The lowest BCUT2D eigenvalue weighted by molar-refractivity contribution is 0.387. The first-order valence-corrected chi connectivity index (χ1v) is 4.98. The first-order valence-electron chi connectivity index (χ1n) is 4.98. The van der Waals surface area contributed by atoms with Gasteiger partial charge in [-0.25, -0.2) is 4.39 Å². The Morgan fingerprint density at radius 1 is 1.53 bits per heavy atom. The Hall–Kier alpha value is -1.45. The molecule has 0 heterocycles. The van der Waals surface area contributed by atoms with Crippen molar-refractivity contribution in [1.29, 1.82) is 0 Å². The van der Waals surface area contributed by atoms with Crippen LogP contribution in [0.4, 0.5) is 15.8 Å². The van der Waals surface area contributed by atoms with E-state index in [2.05, 4.69) is 12.2 Å². The van der Waals surface area contributed by atoms with Crippen molar-refractivity contribution < 1.29 is 9.13 Å². The number of hydrogen-bond acceptors (Lipinski definition) is 3. The maximum atomic E-state index is 13.2. The smallest absolute Gasteiger partial charge is 0.167 e. The van der Waals surface area contributed by atoms with Crippen LogP contribution >= 0.6 is 0 Å². The molecule has 0 bridgehead atoms. The molecule has 0 fully saturated rings. The highest BCUT2D eigenvalue weighted by Crippen LogP contribution is 2.28. The molecule has 3 N–H and O–H groups in total. The molecule has 0 aliphatic carbocycles. The summed E-state index contributed by atoms with van der Waals surface area (Å²) in [7, 11) is 1.43. The molecule has 4 heteroatoms. The standard InChI is InChI=1S/C11H17FN2O/c1-4-7(2)14-10-6-11(15-3)8(12)5-9(10)13/h5-7,14H,4,13H2,1-3H3. The van der Waals surface area contributed by atoms with Crippen LogP contribution in [0.25, 0.3) is 0 Å². The number of nitrogens with two attached hydrogens (primary N) is 1. The first-order chi connectivity index (χ1) is 7.08. The topological polar surface area (TPSA) is 47.3 Å². The molecule has 0 amide bonds. The summed E-state index contributed by atoms with van der Waals surface area (Å²) in [6, 6.07) is 3.14. The van der Waals surface area contributed by atoms with E-state index in [1.807, 2.05) is 6.92 Å². The van der Waals surface area contributed by atoms with Crippen LogP contribution in [0.1, 0.15) is 20.3 Å². The number of anilines is 2. The molecule has 0 spiro atoms. The van der Waals surface area contributed by atoms with Gasteiger partial charge in [-0.3, -0.25) is 0 Å². The molecular weight excluding hydrogens is 195 g/mol. The van der Waals surface area contributed by atoms with Crippen molar-refractivity contribution >= 4 is 11.4 Å². The molecule has 0 radical (unpaired) electrons. The Morgan fingerprint density at radius 3 is 2.73 bits per heavy atom. The van der Waals surface area contributed by atoms with Gasteiger partial charge in [-0.1, -0.05) is 6.92 Å². The molecule has 0 saturated heterocycles. The summed E-state index contributed by atoms with van der Waals surface area (Å²) in [5.74, 6) is -0.236. The minimum absolute atomic E-state index is 0.204. The number of nitrogens with one attached hydrogen (secondary N) is 1. The van der Waals surface area contributed by atoms with Crippen molar-refractivity contribution in [3.8, 4) is 5.75 Å². The number of hydrogen-bond donors (Lipinski definition) is 2. The zero-order valence-electron chi connectivity index (χ0n) is 9.30. The summed E-state index contributed by atoms with van der Waals surface area (Å²) >= 11 is 0. The average molecular weight is 212 g/mol. The zero-order chi connectivity index (χ0) is 11.4. The number of ether oxygens (including phenoxy) is 1. The number of halogens is 1. The van der Waals surface area contributed by atoms with Crippen molar-refractivity contribution in [2.45, 2.75) is 26.3 Å². The fourth-order valence-corrected chi connectivity index (χ4v) is 1.22. The molecule has 0 saturated carbocycles. The van der Waals surface area contributed by atoms with Gasteiger partial charge in [0.1, 0.15) is 0 Å². The van der Waals surface area contributed by atoms with Crippen LogP contribution < -0.4 is 15.8 Å². The van der Waals surface area contributed by atoms with Crippen LogP contribution in [0.5, 0.6) is 5.75 Å². The fraction of sp³-hybridized carbons (Fsp3) is 0.455. The number of nitrogen functional groups attached to an aromatic ring is 1. The minimum atomic E-state index is -0.440. The molecule has 0 aromatic heterocycles. The van der Waals surface area contributed by atoms with Gasteiger partial charge in [0.15, 0.2) is 11.6 Å². The van der Waals surface area contributed by atoms with E-state index in [1.165, 1.54) is 13.2 Å². The summed E-state index contributed by atoms with van der Waals surface area (Å²) in [6.07, 6.45) is 0.971. The number of benzene rings is 1. The quantitative estimate of drug-likeness (QED) is 0.754. The van der Waals surface area contributed by atoms with E-state index in [-0.39, 0.29) is 5.75 Å². The normalized spacial score (nSPS) is 12.3. The molecule has 1 aromatic carbocycles. The van der Waals surface area contributed by atoms with Gasteiger partial charge in [-0.05, 0) is 13.3 Å². The van der Waals surface area contributed by atoms with Crippen LogP contribution in [-0.4, -0.2) is 13.2 Å². The molecule has 1 aromatic rings. The Bertz CT molecular complexity index is 342. The SMILES string of the molecule is CCC(C)Nc1cc(OC)c(F)cc1N. The van der Waals surface area contributed by atoms with Crippen LogP contribution in [0, 0.1) is 5.82 Å². The Morgan fingerprint density at radius 2 is 2.20 bits per heavy atom. The lowest BCUT2D eigenvalue weighted by atomic mass is 10.2. The van der Waals surface area contributed by atoms with Gasteiger partial charge in [-0.2, -0.15) is 0 Å². The van der Waals surface area contributed by atoms with Gasteiger partial charge < -0.3 is 15.8 Å². The third-order valence-electron chi connectivity index (χ3n) is 2.34. The highest BCUT2D eigenvalue weighted by atomic mass is 19.1. The predicted molar refractivity (Wildman–Crippen MR) is 60.7 cm³/mol. The van der Waals surface area contributed by atoms with Gasteiger partial charge in [0, 0.05) is 18.2 Å². The molecule has 1 rings (SSSR count). The van der Waals surface area contributed by atoms with E-state index in [0.29, 0.717) is 17.4 Å². The molecular formula is C11H17FN2O. The highest BCUT2D eigenvalue weighted by Gasteiger charge is 2.09. The van der Waals surface area contributed by atoms with Crippen molar-refractivity contribution in [2.75, 3.05) is 18.2 Å². The largest absolute Gasteiger partial charge is 0.494 e.